The number of hydrogen-bond donors (Lipinski definition) is 0. The average Bonchev–Trinajstić information content (AvgIpc) is 3.56. The maximum absolute atomic E-state index is 6.25. The third kappa shape index (κ3) is 6.78. The lowest BCUT2D eigenvalue weighted by atomic mass is 9.96. The Bertz CT molecular complexity index is 3300. The fourth-order valence-electron chi connectivity index (χ4n) is 8.02. The normalized spacial score (nSPS) is 11.9. The number of aromatic nitrogens is 3. The summed E-state index contributed by atoms with van der Waals surface area (Å²) >= 11 is 0. The van der Waals surface area contributed by atoms with E-state index in [0.717, 1.165) is 89.2 Å². The van der Waals surface area contributed by atoms with Crippen LogP contribution in [0, 0.1) is 0 Å². The molecule has 0 atom stereocenters. The molecule has 8 aromatic carbocycles. The Morgan fingerprint density at radius 3 is 1.37 bits per heavy atom. The van der Waals surface area contributed by atoms with Crippen molar-refractivity contribution < 1.29 is 4.42 Å². The molecule has 0 saturated carbocycles. The number of furan rings is 1. The Morgan fingerprint density at radius 2 is 0.767 bits per heavy atom. The van der Waals surface area contributed by atoms with Gasteiger partial charge in [-0.25, -0.2) is 19.9 Å². The highest BCUT2D eigenvalue weighted by atomic mass is 16.3. The zero-order valence-corrected chi connectivity index (χ0v) is 32.5. The molecular weight excluding hydrogens is 733 g/mol. The zero-order valence-electron chi connectivity index (χ0n) is 32.5. The number of para-hydroxylation sites is 1. The summed E-state index contributed by atoms with van der Waals surface area (Å²) in [5, 5.41) is 3.19. The van der Waals surface area contributed by atoms with Crippen molar-refractivity contribution in [3.8, 4) is 78.7 Å². The molecule has 5 nitrogen and oxygen atoms in total. The number of nitrogens with zero attached hydrogens (tertiary/aromatic N) is 4. The lowest BCUT2D eigenvalue weighted by molar-refractivity contribution is 0.619. The monoisotopic (exact) mass is 768 g/mol. The summed E-state index contributed by atoms with van der Waals surface area (Å²) in [5.74, 6) is 2.61. The molecule has 1 aliphatic heterocycles. The molecule has 5 heteroatoms. The van der Waals surface area contributed by atoms with E-state index in [2.05, 4.69) is 158 Å². The predicted molar refractivity (Wildman–Crippen MR) is 243 cm³/mol. The van der Waals surface area contributed by atoms with Gasteiger partial charge in [-0.2, -0.15) is 0 Å². The van der Waals surface area contributed by atoms with E-state index >= 15 is 0 Å². The molecule has 1 aliphatic rings. The van der Waals surface area contributed by atoms with E-state index in [1.807, 2.05) is 48.5 Å². The Kier molecular flexibility index (Phi) is 8.82. The molecule has 0 spiro atoms. The topological polar surface area (TPSA) is 64.2 Å². The first kappa shape index (κ1) is 35.2. The van der Waals surface area contributed by atoms with E-state index in [4.69, 9.17) is 24.4 Å². The summed E-state index contributed by atoms with van der Waals surface area (Å²) < 4.78 is 6.25. The summed E-state index contributed by atoms with van der Waals surface area (Å²) in [5.41, 5.74) is 14.0. The minimum absolute atomic E-state index is 0.633. The van der Waals surface area contributed by atoms with Crippen LogP contribution in [0.25, 0.3) is 95.7 Å². The van der Waals surface area contributed by atoms with Crippen molar-refractivity contribution in [2.75, 3.05) is 0 Å². The number of hydrogen-bond acceptors (Lipinski definition) is 5. The van der Waals surface area contributed by atoms with Gasteiger partial charge in [-0.15, -0.1) is 0 Å². The lowest BCUT2D eigenvalue weighted by Gasteiger charge is -2.10. The van der Waals surface area contributed by atoms with Gasteiger partial charge in [0.15, 0.2) is 17.5 Å². The first-order valence-corrected chi connectivity index (χ1v) is 20.2. The van der Waals surface area contributed by atoms with E-state index in [9.17, 15) is 0 Å². The second-order valence-electron chi connectivity index (χ2n) is 15.0. The predicted octanol–water partition coefficient (Wildman–Crippen LogP) is 12.6. The van der Waals surface area contributed by atoms with Crippen LogP contribution in [0.5, 0.6) is 0 Å². The van der Waals surface area contributed by atoms with Gasteiger partial charge in [-0.05, 0) is 80.4 Å². The second-order valence-corrected chi connectivity index (χ2v) is 15.0. The summed E-state index contributed by atoms with van der Waals surface area (Å²) in [6.07, 6.45) is 3.02. The molecule has 10 aromatic rings. The van der Waals surface area contributed by atoms with Crippen molar-refractivity contribution in [1.29, 1.82) is 0 Å². The van der Waals surface area contributed by atoms with Crippen LogP contribution in [0.4, 0.5) is 5.88 Å². The fourth-order valence-corrected chi connectivity index (χ4v) is 8.02. The smallest absolute Gasteiger partial charge is 0.224 e. The maximum Gasteiger partial charge on any atom is 0.224 e. The van der Waals surface area contributed by atoms with Gasteiger partial charge >= 0.3 is 0 Å². The molecule has 0 amide bonds. The van der Waals surface area contributed by atoms with Gasteiger partial charge in [-0.1, -0.05) is 182 Å². The molecule has 0 bridgehead atoms. The van der Waals surface area contributed by atoms with Gasteiger partial charge in [0, 0.05) is 27.6 Å². The van der Waals surface area contributed by atoms with Crippen molar-refractivity contribution in [2.45, 2.75) is 6.42 Å². The minimum Gasteiger partial charge on any atom is -0.438 e. The fraction of sp³-hybridized carbons (Fsp3) is 0.0182. The summed E-state index contributed by atoms with van der Waals surface area (Å²) in [6, 6.07) is 69.5. The van der Waals surface area contributed by atoms with Crippen molar-refractivity contribution in [3.63, 3.8) is 0 Å². The SMILES string of the molecule is C1=c2ccccc2=Nc2oc3ccc(-c4cccc(-c5ccc(-c6ccc(-c7nc(-c8ccccc8)nc(-c8ccc(-c9ccccc9)cc8)n7)cc6)cc5)c4)cc3c2C1. The first-order chi connectivity index (χ1) is 29.7. The molecule has 2 aromatic heterocycles. The van der Waals surface area contributed by atoms with Gasteiger partial charge in [0.1, 0.15) is 5.58 Å². The zero-order chi connectivity index (χ0) is 39.8. The average molecular weight is 769 g/mol. The third-order valence-corrected chi connectivity index (χ3v) is 11.3. The summed E-state index contributed by atoms with van der Waals surface area (Å²) in [6.45, 7) is 0. The van der Waals surface area contributed by atoms with Crippen LogP contribution in [0.2, 0.25) is 0 Å². The van der Waals surface area contributed by atoms with Crippen LogP contribution < -0.4 is 10.6 Å². The van der Waals surface area contributed by atoms with Crippen LogP contribution in [-0.4, -0.2) is 15.0 Å². The molecule has 0 saturated heterocycles. The molecule has 0 aliphatic carbocycles. The van der Waals surface area contributed by atoms with Crippen LogP contribution >= 0.6 is 0 Å². The van der Waals surface area contributed by atoms with Crippen LogP contribution in [0.15, 0.2) is 210 Å². The van der Waals surface area contributed by atoms with Crippen LogP contribution in [-0.2, 0) is 6.42 Å². The Labute approximate surface area is 347 Å². The molecule has 0 fully saturated rings. The van der Waals surface area contributed by atoms with E-state index < -0.39 is 0 Å². The van der Waals surface area contributed by atoms with Crippen molar-refractivity contribution >= 4 is 22.9 Å². The maximum atomic E-state index is 6.25. The van der Waals surface area contributed by atoms with Gasteiger partial charge in [0.05, 0.1) is 5.36 Å². The number of fused-ring (bicyclic) bond motifs is 4. The van der Waals surface area contributed by atoms with Crippen LogP contribution in [0.3, 0.4) is 0 Å². The van der Waals surface area contributed by atoms with E-state index in [1.165, 1.54) is 5.56 Å². The minimum atomic E-state index is 0.633. The largest absolute Gasteiger partial charge is 0.438 e. The second kappa shape index (κ2) is 15.1. The van der Waals surface area contributed by atoms with Gasteiger partial charge in [-0.3, -0.25) is 0 Å². The highest BCUT2D eigenvalue weighted by Gasteiger charge is 2.17. The highest BCUT2D eigenvalue weighted by Crippen LogP contribution is 2.37. The Hall–Kier alpha value is -8.02. The lowest BCUT2D eigenvalue weighted by Crippen LogP contribution is -2.22. The quantitative estimate of drug-likeness (QED) is 0.162. The summed E-state index contributed by atoms with van der Waals surface area (Å²) in [7, 11) is 0. The standard InChI is InChI=1S/C55H36N4O/c1-3-10-36(11-4-1)37-22-26-43(27-23-37)53-57-52(42-13-5-2-6-14-42)58-54(59-53)44-28-24-39(25-29-44)38-18-20-40(21-19-38)45-15-9-16-46(34-45)47-31-33-51-49(35-47)48-32-30-41-12-7-8-17-50(41)56-55(48)60-51/h1-31,33-35H,32H2. The molecule has 11 rings (SSSR count). The van der Waals surface area contributed by atoms with Gasteiger partial charge < -0.3 is 4.42 Å². The van der Waals surface area contributed by atoms with Crippen molar-refractivity contribution in [1.82, 2.24) is 15.0 Å². The third-order valence-electron chi connectivity index (χ3n) is 11.3. The molecule has 0 unspecified atom stereocenters. The van der Waals surface area contributed by atoms with Gasteiger partial charge in [0.2, 0.25) is 5.88 Å². The Morgan fingerprint density at radius 1 is 0.350 bits per heavy atom. The first-order valence-electron chi connectivity index (χ1n) is 20.2. The van der Waals surface area contributed by atoms with Gasteiger partial charge in [0.25, 0.3) is 0 Å². The van der Waals surface area contributed by atoms with Crippen molar-refractivity contribution in [3.05, 3.63) is 216 Å². The van der Waals surface area contributed by atoms with Crippen molar-refractivity contribution in [2.24, 2.45) is 4.99 Å². The Balaban J connectivity index is 0.857. The molecule has 282 valence electrons. The van der Waals surface area contributed by atoms with E-state index in [1.54, 1.807) is 0 Å². The molecule has 0 radical (unpaired) electrons. The van der Waals surface area contributed by atoms with Crippen LogP contribution in [0.1, 0.15) is 5.56 Å². The number of benzene rings is 8. The number of rotatable bonds is 7. The van der Waals surface area contributed by atoms with E-state index in [-0.39, 0.29) is 0 Å². The highest BCUT2D eigenvalue weighted by molar-refractivity contribution is 5.91. The van der Waals surface area contributed by atoms with E-state index in [0.29, 0.717) is 23.4 Å². The summed E-state index contributed by atoms with van der Waals surface area (Å²) in [4.78, 5) is 19.7. The molecular formula is C55H36N4O. The molecule has 3 heterocycles. The molecule has 0 N–H and O–H groups in total. The molecule has 60 heavy (non-hydrogen) atoms.